The van der Waals surface area contributed by atoms with Crippen molar-refractivity contribution in [1.29, 1.82) is 0 Å². The van der Waals surface area contributed by atoms with Gasteiger partial charge in [-0.15, -0.1) is 0 Å². The highest BCUT2D eigenvalue weighted by Gasteiger charge is 2.22. The van der Waals surface area contributed by atoms with Gasteiger partial charge in [0.1, 0.15) is 11.3 Å². The number of anilines is 4. The molecular weight excluding hydrogens is 484 g/mol. The van der Waals surface area contributed by atoms with Gasteiger partial charge in [0.2, 0.25) is 5.88 Å². The Morgan fingerprint density at radius 3 is 2.38 bits per heavy atom. The quantitative estimate of drug-likeness (QED) is 0.224. The highest BCUT2D eigenvalue weighted by atomic mass is 16.5. The summed E-state index contributed by atoms with van der Waals surface area (Å²) in [5.41, 5.74) is 5.80. The third-order valence-electron chi connectivity index (χ3n) is 6.84. The van der Waals surface area contributed by atoms with E-state index in [1.54, 1.807) is 6.20 Å². The molecule has 4 aromatic carbocycles. The van der Waals surface area contributed by atoms with Crippen molar-refractivity contribution < 1.29 is 9.15 Å². The lowest BCUT2D eigenvalue weighted by atomic mass is 10.1. The first kappa shape index (κ1) is 22.9. The Kier molecular flexibility index (Phi) is 5.63. The molecule has 0 atom stereocenters. The number of ether oxygens (including phenoxy) is 1. The summed E-state index contributed by atoms with van der Waals surface area (Å²) in [6, 6.07) is 36.8. The molecule has 3 heterocycles. The summed E-state index contributed by atoms with van der Waals surface area (Å²) >= 11 is 0. The van der Waals surface area contributed by atoms with E-state index in [0.29, 0.717) is 11.6 Å². The van der Waals surface area contributed by atoms with Crippen LogP contribution in [0.4, 0.5) is 22.7 Å². The first-order chi connectivity index (χ1) is 19.2. The summed E-state index contributed by atoms with van der Waals surface area (Å²) in [6.07, 6.45) is 5.90. The van der Waals surface area contributed by atoms with Gasteiger partial charge in [0.15, 0.2) is 5.58 Å². The molecule has 6 aromatic rings. The predicted octanol–water partition coefficient (Wildman–Crippen LogP) is 8.42. The van der Waals surface area contributed by atoms with Crippen LogP contribution in [0.2, 0.25) is 0 Å². The Balaban J connectivity index is 1.42. The average molecular weight is 511 g/mol. The second kappa shape index (κ2) is 9.58. The molecule has 6 nitrogen and oxygen atoms in total. The van der Waals surface area contributed by atoms with E-state index in [9.17, 15) is 0 Å². The summed E-state index contributed by atoms with van der Waals surface area (Å²) in [5.74, 6) is 1.27. The molecule has 190 valence electrons. The summed E-state index contributed by atoms with van der Waals surface area (Å²) in [7, 11) is 2.07. The smallest absolute Gasteiger partial charge is 0.219 e. The van der Waals surface area contributed by atoms with Gasteiger partial charge >= 0.3 is 0 Å². The molecule has 0 unspecified atom stereocenters. The lowest BCUT2D eigenvalue weighted by Crippen LogP contribution is -2.22. The van der Waals surface area contributed by atoms with Gasteiger partial charge in [-0.3, -0.25) is 0 Å². The largest absolute Gasteiger partial charge is 0.454 e. The number of pyridine rings is 1. The van der Waals surface area contributed by atoms with Crippen LogP contribution in [0.25, 0.3) is 21.9 Å². The van der Waals surface area contributed by atoms with Gasteiger partial charge < -0.3 is 23.9 Å². The summed E-state index contributed by atoms with van der Waals surface area (Å²) < 4.78 is 12.5. The molecule has 0 spiro atoms. The Morgan fingerprint density at radius 1 is 0.744 bits per heavy atom. The molecule has 39 heavy (non-hydrogen) atoms. The van der Waals surface area contributed by atoms with E-state index in [1.807, 2.05) is 54.6 Å². The van der Waals surface area contributed by atoms with Gasteiger partial charge in [0, 0.05) is 65.6 Å². The Hall–Kier alpha value is -5.23. The molecule has 1 aliphatic rings. The van der Waals surface area contributed by atoms with Crippen molar-refractivity contribution in [1.82, 2.24) is 9.88 Å². The normalized spacial score (nSPS) is 12.9. The Labute approximate surface area is 226 Å². The maximum atomic E-state index is 6.42. The van der Waals surface area contributed by atoms with Crippen molar-refractivity contribution in [3.63, 3.8) is 0 Å². The van der Waals surface area contributed by atoms with Crippen LogP contribution in [0.15, 0.2) is 132 Å². The maximum absolute atomic E-state index is 6.42. The van der Waals surface area contributed by atoms with Gasteiger partial charge in [-0.1, -0.05) is 48.5 Å². The van der Waals surface area contributed by atoms with Crippen LogP contribution in [0.5, 0.6) is 11.6 Å². The molecule has 0 fully saturated rings. The topological polar surface area (TPSA) is 45.0 Å². The molecular formula is C33H26N4O2. The SMILES string of the molecule is CN1C=CN(c2cc(N(c3ccccc3)c3cccc(Oc4ccccn4)c3)cc3c2oc2ccccc23)C1. The van der Waals surface area contributed by atoms with Crippen LogP contribution >= 0.6 is 0 Å². The zero-order chi connectivity index (χ0) is 26.2. The van der Waals surface area contributed by atoms with Gasteiger partial charge in [-0.05, 0) is 48.5 Å². The maximum Gasteiger partial charge on any atom is 0.219 e. The predicted molar refractivity (Wildman–Crippen MR) is 157 cm³/mol. The zero-order valence-electron chi connectivity index (χ0n) is 21.4. The Bertz CT molecular complexity index is 1800. The molecule has 0 amide bonds. The highest BCUT2D eigenvalue weighted by molar-refractivity contribution is 6.11. The number of hydrogen-bond acceptors (Lipinski definition) is 6. The number of hydrogen-bond donors (Lipinski definition) is 0. The van der Waals surface area contributed by atoms with Crippen LogP contribution in [0.3, 0.4) is 0 Å². The molecule has 1 aliphatic heterocycles. The van der Waals surface area contributed by atoms with Crippen molar-refractivity contribution in [2.24, 2.45) is 0 Å². The minimum atomic E-state index is 0.555. The second-order valence-electron chi connectivity index (χ2n) is 9.54. The summed E-state index contributed by atoms with van der Waals surface area (Å²) in [6.45, 7) is 0.744. The summed E-state index contributed by atoms with van der Waals surface area (Å²) in [5, 5.41) is 2.16. The number of aromatic nitrogens is 1. The minimum absolute atomic E-state index is 0.555. The van der Waals surface area contributed by atoms with E-state index in [4.69, 9.17) is 9.15 Å². The van der Waals surface area contributed by atoms with Gasteiger partial charge in [-0.25, -0.2) is 4.98 Å². The van der Waals surface area contributed by atoms with E-state index in [2.05, 4.69) is 93.7 Å². The lowest BCUT2D eigenvalue weighted by molar-refractivity contribution is 0.463. The average Bonchev–Trinajstić information content (AvgIpc) is 3.58. The fourth-order valence-corrected chi connectivity index (χ4v) is 5.06. The third kappa shape index (κ3) is 4.32. The van der Waals surface area contributed by atoms with E-state index in [-0.39, 0.29) is 0 Å². The van der Waals surface area contributed by atoms with Gasteiger partial charge in [0.05, 0.1) is 12.4 Å². The van der Waals surface area contributed by atoms with Crippen molar-refractivity contribution in [2.45, 2.75) is 0 Å². The molecule has 0 radical (unpaired) electrons. The number of para-hydroxylation sites is 2. The summed E-state index contributed by atoms with van der Waals surface area (Å²) in [4.78, 5) is 10.9. The first-order valence-corrected chi connectivity index (χ1v) is 12.9. The van der Waals surface area contributed by atoms with Crippen LogP contribution < -0.4 is 14.5 Å². The van der Waals surface area contributed by atoms with E-state index in [1.165, 1.54) is 0 Å². The molecule has 0 N–H and O–H groups in total. The van der Waals surface area contributed by atoms with E-state index >= 15 is 0 Å². The van der Waals surface area contributed by atoms with Crippen molar-refractivity contribution in [3.05, 3.63) is 128 Å². The lowest BCUT2D eigenvalue weighted by Gasteiger charge is -2.27. The standard InChI is InChI=1S/C33H26N4O2/c1-35-18-19-36(23-35)30-22-26(21-29-28-14-5-6-15-31(28)39-33(29)30)37(24-10-3-2-4-11-24)25-12-9-13-27(20-25)38-32-16-7-8-17-34-32/h2-22H,23H2,1H3. The fraction of sp³-hybridized carbons (Fsp3) is 0.0606. The van der Waals surface area contributed by atoms with E-state index in [0.717, 1.165) is 51.4 Å². The van der Waals surface area contributed by atoms with Crippen molar-refractivity contribution in [2.75, 3.05) is 23.5 Å². The monoisotopic (exact) mass is 510 g/mol. The molecule has 0 aliphatic carbocycles. The fourth-order valence-electron chi connectivity index (χ4n) is 5.06. The number of benzene rings is 4. The second-order valence-corrected chi connectivity index (χ2v) is 9.54. The minimum Gasteiger partial charge on any atom is -0.454 e. The number of nitrogens with zero attached hydrogens (tertiary/aromatic N) is 4. The molecule has 0 bridgehead atoms. The number of fused-ring (bicyclic) bond motifs is 3. The number of furan rings is 1. The van der Waals surface area contributed by atoms with Crippen LogP contribution in [-0.4, -0.2) is 23.6 Å². The highest BCUT2D eigenvalue weighted by Crippen LogP contribution is 2.44. The van der Waals surface area contributed by atoms with Gasteiger partial charge in [0.25, 0.3) is 0 Å². The molecule has 6 heteroatoms. The first-order valence-electron chi connectivity index (χ1n) is 12.9. The van der Waals surface area contributed by atoms with Crippen LogP contribution in [0.1, 0.15) is 0 Å². The van der Waals surface area contributed by atoms with Gasteiger partial charge in [-0.2, -0.15) is 0 Å². The molecule has 0 saturated heterocycles. The van der Waals surface area contributed by atoms with Crippen LogP contribution in [0, 0.1) is 0 Å². The van der Waals surface area contributed by atoms with Crippen molar-refractivity contribution >= 4 is 44.7 Å². The molecule has 2 aromatic heterocycles. The molecule has 7 rings (SSSR count). The third-order valence-corrected chi connectivity index (χ3v) is 6.84. The van der Waals surface area contributed by atoms with E-state index < -0.39 is 0 Å². The van der Waals surface area contributed by atoms with Crippen LogP contribution in [-0.2, 0) is 0 Å². The van der Waals surface area contributed by atoms with Crippen molar-refractivity contribution in [3.8, 4) is 11.6 Å². The zero-order valence-corrected chi connectivity index (χ0v) is 21.4. The number of rotatable bonds is 6. The molecule has 0 saturated carbocycles. The Morgan fingerprint density at radius 2 is 1.56 bits per heavy atom.